The summed E-state index contributed by atoms with van der Waals surface area (Å²) in [6.45, 7) is 5.01. The molecule has 0 aromatic heterocycles. The number of fused-ring (bicyclic) bond motifs is 1. The Labute approximate surface area is 274 Å². The zero-order valence-corrected chi connectivity index (χ0v) is 27.6. The zero-order chi connectivity index (χ0) is 31.4. The van der Waals surface area contributed by atoms with Gasteiger partial charge < -0.3 is 30.9 Å². The van der Waals surface area contributed by atoms with E-state index in [9.17, 15) is 14.4 Å². The van der Waals surface area contributed by atoms with E-state index in [1.54, 1.807) is 4.90 Å². The number of carbonyl (C=O) groups excluding carboxylic acids is 3. The molecule has 0 unspecified atom stereocenters. The Kier molecular flexibility index (Phi) is 9.96. The van der Waals surface area contributed by atoms with E-state index in [1.807, 2.05) is 41.3 Å². The first-order chi connectivity index (χ1) is 21.8. The molecule has 0 saturated carbocycles. The lowest BCUT2D eigenvalue weighted by Crippen LogP contribution is -2.67. The SMILES string of the molecule is Nc1ccc(C[C@@H](OC(=O)N2CCC(N3CCc4ccccc4NC3=O)CC2)C(=O)[N+]2(C3CCNCC3)CCCCC2)cc1Br. The highest BCUT2D eigenvalue weighted by Crippen LogP contribution is 2.32. The summed E-state index contributed by atoms with van der Waals surface area (Å²) in [6.07, 6.45) is 6.12. The number of likely N-dealkylation sites (tertiary alicyclic amines) is 2. The molecule has 4 aliphatic rings. The summed E-state index contributed by atoms with van der Waals surface area (Å²) in [4.78, 5) is 45.2. The number of hydrogen-bond donors (Lipinski definition) is 3. The van der Waals surface area contributed by atoms with Crippen molar-refractivity contribution in [3.8, 4) is 0 Å². The lowest BCUT2D eigenvalue weighted by molar-refractivity contribution is -0.886. The average molecular weight is 683 g/mol. The molecule has 1 atom stereocenters. The maximum atomic E-state index is 14.7. The Bertz CT molecular complexity index is 1380. The number of para-hydroxylation sites is 1. The number of rotatable bonds is 6. The molecule has 0 aliphatic carbocycles. The fourth-order valence-corrected chi connectivity index (χ4v) is 8.24. The Morgan fingerprint density at radius 2 is 1.73 bits per heavy atom. The summed E-state index contributed by atoms with van der Waals surface area (Å²) in [7, 11) is 0. The fourth-order valence-electron chi connectivity index (χ4n) is 7.82. The summed E-state index contributed by atoms with van der Waals surface area (Å²) < 4.78 is 7.40. The van der Waals surface area contributed by atoms with Gasteiger partial charge in [0.15, 0.2) is 0 Å². The number of benzene rings is 2. The number of anilines is 2. The molecule has 4 N–H and O–H groups in total. The third-order valence-electron chi connectivity index (χ3n) is 10.4. The Morgan fingerprint density at radius 3 is 2.47 bits per heavy atom. The van der Waals surface area contributed by atoms with Crippen LogP contribution < -0.4 is 16.4 Å². The third-order valence-corrected chi connectivity index (χ3v) is 11.1. The molecule has 242 valence electrons. The first kappa shape index (κ1) is 31.8. The number of piperidine rings is 3. The van der Waals surface area contributed by atoms with Crippen molar-refractivity contribution in [2.45, 2.75) is 76.0 Å². The van der Waals surface area contributed by atoms with Crippen molar-refractivity contribution in [1.29, 1.82) is 0 Å². The quantitative estimate of drug-likeness (QED) is 0.295. The van der Waals surface area contributed by atoms with Gasteiger partial charge in [-0.25, -0.2) is 14.4 Å². The van der Waals surface area contributed by atoms with Crippen molar-refractivity contribution in [3.63, 3.8) is 0 Å². The second-order valence-corrected chi connectivity index (χ2v) is 13.9. The van der Waals surface area contributed by atoms with Crippen molar-refractivity contribution >= 4 is 45.3 Å². The molecule has 4 amide bonds. The molecule has 0 spiro atoms. The molecule has 3 saturated heterocycles. The molecule has 4 heterocycles. The second-order valence-electron chi connectivity index (χ2n) is 13.0. The minimum atomic E-state index is -0.895. The molecule has 3 fully saturated rings. The molecular weight excluding hydrogens is 636 g/mol. The van der Waals surface area contributed by atoms with E-state index >= 15 is 0 Å². The van der Waals surface area contributed by atoms with E-state index in [0.29, 0.717) is 49.1 Å². The first-order valence-electron chi connectivity index (χ1n) is 16.6. The van der Waals surface area contributed by atoms with Gasteiger partial charge in [-0.3, -0.25) is 4.48 Å². The molecule has 6 rings (SSSR count). The topological polar surface area (TPSA) is 117 Å². The Hall–Kier alpha value is -3.15. The van der Waals surface area contributed by atoms with Crippen LogP contribution >= 0.6 is 15.9 Å². The standard InChI is InChI=1S/C34H45BrN6O4/c35-28-22-24(8-9-29(28)36)23-31(32(42)41(20-4-1-5-21-41)27-10-15-37-16-11-27)45-34(44)39-17-13-26(14-18-39)40-19-12-25-6-2-3-7-30(25)38-33(40)43/h2-3,6-9,22,26-27,31,37H,1,4-5,10-21,23,36H2/p+1/t31-/m1/s1. The summed E-state index contributed by atoms with van der Waals surface area (Å²) >= 11 is 3.52. The van der Waals surface area contributed by atoms with Gasteiger partial charge >= 0.3 is 18.0 Å². The maximum absolute atomic E-state index is 14.7. The molecule has 45 heavy (non-hydrogen) atoms. The minimum absolute atomic E-state index is 0.0265. The lowest BCUT2D eigenvalue weighted by Gasteiger charge is -2.47. The maximum Gasteiger partial charge on any atom is 0.410 e. The van der Waals surface area contributed by atoms with Gasteiger partial charge in [-0.2, -0.15) is 0 Å². The number of nitrogens with zero attached hydrogens (tertiary/aromatic N) is 3. The van der Waals surface area contributed by atoms with Gasteiger partial charge in [0, 0.05) is 73.9 Å². The van der Waals surface area contributed by atoms with Crippen molar-refractivity contribution in [2.24, 2.45) is 0 Å². The van der Waals surface area contributed by atoms with E-state index in [-0.39, 0.29) is 24.0 Å². The number of halogens is 1. The number of nitrogens with two attached hydrogens (primary N) is 1. The molecule has 10 nitrogen and oxygen atoms in total. The number of amides is 4. The zero-order valence-electron chi connectivity index (χ0n) is 26.0. The van der Waals surface area contributed by atoms with E-state index in [0.717, 1.165) is 86.0 Å². The van der Waals surface area contributed by atoms with Crippen molar-refractivity contribution in [2.75, 3.05) is 56.9 Å². The number of nitrogen functional groups attached to an aromatic ring is 1. The second kappa shape index (κ2) is 14.1. The Morgan fingerprint density at radius 1 is 1.00 bits per heavy atom. The van der Waals surface area contributed by atoms with Gasteiger partial charge in [0.25, 0.3) is 0 Å². The monoisotopic (exact) mass is 681 g/mol. The van der Waals surface area contributed by atoms with E-state index < -0.39 is 12.2 Å². The average Bonchev–Trinajstić information content (AvgIpc) is 3.24. The molecule has 0 radical (unpaired) electrons. The minimum Gasteiger partial charge on any atom is -0.431 e. The highest BCUT2D eigenvalue weighted by molar-refractivity contribution is 9.10. The third kappa shape index (κ3) is 7.00. The van der Waals surface area contributed by atoms with E-state index in [1.165, 1.54) is 0 Å². The Balaban J connectivity index is 1.16. The summed E-state index contributed by atoms with van der Waals surface area (Å²) in [6, 6.07) is 13.8. The van der Waals surface area contributed by atoms with Gasteiger partial charge in [0.1, 0.15) is 0 Å². The summed E-state index contributed by atoms with van der Waals surface area (Å²) in [5.41, 5.74) is 9.58. The lowest BCUT2D eigenvalue weighted by atomic mass is 9.94. The number of ether oxygens (including phenoxy) is 1. The fraction of sp³-hybridized carbons (Fsp3) is 0.559. The van der Waals surface area contributed by atoms with Crippen molar-refractivity contribution in [1.82, 2.24) is 15.1 Å². The predicted octanol–water partition coefficient (Wildman–Crippen LogP) is 4.91. The van der Waals surface area contributed by atoms with Crippen LogP contribution in [0, 0.1) is 0 Å². The smallest absolute Gasteiger partial charge is 0.410 e. The van der Waals surface area contributed by atoms with Crippen LogP contribution in [0.25, 0.3) is 0 Å². The molecule has 2 aromatic rings. The number of nitrogens with one attached hydrogen (secondary N) is 2. The number of quaternary nitrogens is 1. The first-order valence-corrected chi connectivity index (χ1v) is 17.4. The molecule has 11 heteroatoms. The van der Waals surface area contributed by atoms with Gasteiger partial charge in [-0.1, -0.05) is 24.3 Å². The normalized spacial score (nSPS) is 21.8. The number of urea groups is 1. The van der Waals surface area contributed by atoms with Crippen LogP contribution in [0.3, 0.4) is 0 Å². The van der Waals surface area contributed by atoms with Gasteiger partial charge in [-0.15, -0.1) is 0 Å². The van der Waals surface area contributed by atoms with Crippen LogP contribution in [0.4, 0.5) is 21.0 Å². The van der Waals surface area contributed by atoms with Crippen LogP contribution in [0.15, 0.2) is 46.9 Å². The van der Waals surface area contributed by atoms with Crippen LogP contribution in [-0.4, -0.2) is 96.3 Å². The van der Waals surface area contributed by atoms with Gasteiger partial charge in [0.05, 0.1) is 19.1 Å². The summed E-state index contributed by atoms with van der Waals surface area (Å²) in [5, 5.41) is 6.51. The van der Waals surface area contributed by atoms with E-state index in [4.69, 9.17) is 10.5 Å². The van der Waals surface area contributed by atoms with Crippen molar-refractivity contribution < 1.29 is 23.6 Å². The largest absolute Gasteiger partial charge is 0.431 e. The van der Waals surface area contributed by atoms with Gasteiger partial charge in [-0.05, 0) is 83.8 Å². The van der Waals surface area contributed by atoms with E-state index in [2.05, 4.69) is 32.6 Å². The molecular formula is C34H46BrN6O4+. The van der Waals surface area contributed by atoms with Crippen LogP contribution in [-0.2, 0) is 22.4 Å². The molecule has 0 bridgehead atoms. The number of hydrogen-bond acceptors (Lipinski definition) is 6. The highest BCUT2D eigenvalue weighted by atomic mass is 79.9. The van der Waals surface area contributed by atoms with Crippen LogP contribution in [0.2, 0.25) is 0 Å². The van der Waals surface area contributed by atoms with Crippen LogP contribution in [0.5, 0.6) is 0 Å². The summed E-state index contributed by atoms with van der Waals surface area (Å²) in [5.74, 6) is 0.0265. The van der Waals surface area contributed by atoms with Crippen LogP contribution in [0.1, 0.15) is 56.1 Å². The number of carbonyl (C=O) groups is 3. The molecule has 4 aliphatic heterocycles. The highest BCUT2D eigenvalue weighted by Gasteiger charge is 2.50. The molecule has 2 aromatic carbocycles. The predicted molar refractivity (Wildman–Crippen MR) is 178 cm³/mol. The van der Waals surface area contributed by atoms with Gasteiger partial charge in [0.2, 0.25) is 6.10 Å². The van der Waals surface area contributed by atoms with Crippen molar-refractivity contribution in [3.05, 3.63) is 58.1 Å².